The second-order valence-corrected chi connectivity index (χ2v) is 6.25. The number of hydrogen-bond donors (Lipinski definition) is 1. The number of carbonyl (C=O) groups is 2. The van der Waals surface area contributed by atoms with Gasteiger partial charge in [0.25, 0.3) is 5.91 Å². The van der Waals surface area contributed by atoms with Crippen LogP contribution in [0.25, 0.3) is 10.4 Å². The zero-order chi connectivity index (χ0) is 16.2. The van der Waals surface area contributed by atoms with Crippen molar-refractivity contribution in [1.82, 2.24) is 0 Å². The first-order chi connectivity index (χ1) is 11.2. The quantitative estimate of drug-likeness (QED) is 0.873. The van der Waals surface area contributed by atoms with E-state index < -0.39 is 12.1 Å². The molecule has 2 aromatic rings. The number of esters is 1. The Morgan fingerprint density at radius 2 is 2.09 bits per heavy atom. The number of hydrogen-bond acceptors (Lipinski definition) is 5. The van der Waals surface area contributed by atoms with E-state index in [1.54, 1.807) is 6.07 Å². The average molecular weight is 331 g/mol. The molecule has 120 valence electrons. The van der Waals surface area contributed by atoms with Crippen LogP contribution in [-0.4, -0.2) is 31.7 Å². The fourth-order valence-electron chi connectivity index (χ4n) is 2.47. The van der Waals surface area contributed by atoms with Crippen LogP contribution in [-0.2, 0) is 14.3 Å². The standard InChI is InChI=1S/C17H17NO4S/c1-21-17(20)12-10-14(11-6-3-2-4-7-11)23-16(12)18-15(19)13-8-5-9-22-13/h2-4,6-7,10,13H,5,8-9H2,1H3,(H,18,19). The molecule has 6 heteroatoms. The SMILES string of the molecule is COC(=O)c1cc(-c2ccccc2)sc1NC(=O)C1CCCO1. The highest BCUT2D eigenvalue weighted by atomic mass is 32.1. The summed E-state index contributed by atoms with van der Waals surface area (Å²) in [4.78, 5) is 25.1. The molecule has 1 amide bonds. The number of methoxy groups -OCH3 is 1. The van der Waals surface area contributed by atoms with Crippen LogP contribution in [0.1, 0.15) is 23.2 Å². The lowest BCUT2D eigenvalue weighted by molar-refractivity contribution is -0.124. The molecule has 0 bridgehead atoms. The number of amides is 1. The molecule has 1 N–H and O–H groups in total. The third-order valence-corrected chi connectivity index (χ3v) is 4.75. The summed E-state index contributed by atoms with van der Waals surface area (Å²) < 4.78 is 10.2. The Kier molecular flexibility index (Phi) is 4.73. The van der Waals surface area contributed by atoms with Gasteiger partial charge in [0.2, 0.25) is 0 Å². The first-order valence-electron chi connectivity index (χ1n) is 7.39. The number of thiophene rings is 1. The van der Waals surface area contributed by atoms with Gasteiger partial charge in [0, 0.05) is 11.5 Å². The van der Waals surface area contributed by atoms with Crippen LogP contribution in [0, 0.1) is 0 Å². The van der Waals surface area contributed by atoms with E-state index in [1.807, 2.05) is 30.3 Å². The number of anilines is 1. The number of rotatable bonds is 4. The fourth-order valence-corrected chi connectivity index (χ4v) is 3.52. The Labute approximate surface area is 138 Å². The van der Waals surface area contributed by atoms with Crippen LogP contribution >= 0.6 is 11.3 Å². The molecule has 0 spiro atoms. The van der Waals surface area contributed by atoms with Crippen molar-refractivity contribution in [1.29, 1.82) is 0 Å². The second kappa shape index (κ2) is 6.93. The van der Waals surface area contributed by atoms with Crippen molar-refractivity contribution < 1.29 is 19.1 Å². The van der Waals surface area contributed by atoms with E-state index in [0.29, 0.717) is 23.6 Å². The summed E-state index contributed by atoms with van der Waals surface area (Å²) in [6, 6.07) is 11.4. The van der Waals surface area contributed by atoms with Crippen molar-refractivity contribution in [2.75, 3.05) is 19.0 Å². The molecule has 1 aromatic carbocycles. The van der Waals surface area contributed by atoms with Crippen molar-refractivity contribution in [3.8, 4) is 10.4 Å². The average Bonchev–Trinajstić information content (AvgIpc) is 3.25. The van der Waals surface area contributed by atoms with Crippen LogP contribution in [0.5, 0.6) is 0 Å². The van der Waals surface area contributed by atoms with Crippen LogP contribution in [0.15, 0.2) is 36.4 Å². The van der Waals surface area contributed by atoms with Gasteiger partial charge in [-0.25, -0.2) is 4.79 Å². The molecule has 3 rings (SSSR count). The summed E-state index contributed by atoms with van der Waals surface area (Å²) >= 11 is 1.36. The van der Waals surface area contributed by atoms with E-state index in [-0.39, 0.29) is 5.91 Å². The second-order valence-electron chi connectivity index (χ2n) is 5.20. The molecule has 1 aromatic heterocycles. The molecule has 23 heavy (non-hydrogen) atoms. The molecule has 1 atom stereocenters. The van der Waals surface area contributed by atoms with Crippen LogP contribution in [0.4, 0.5) is 5.00 Å². The number of benzene rings is 1. The molecule has 0 aliphatic carbocycles. The molecule has 0 saturated carbocycles. The molecule has 1 aliphatic rings. The van der Waals surface area contributed by atoms with Crippen LogP contribution in [0.2, 0.25) is 0 Å². The number of carbonyl (C=O) groups excluding carboxylic acids is 2. The minimum absolute atomic E-state index is 0.214. The summed E-state index contributed by atoms with van der Waals surface area (Å²) in [5.41, 5.74) is 1.35. The Bertz CT molecular complexity index is 705. The lowest BCUT2D eigenvalue weighted by atomic mass is 10.1. The van der Waals surface area contributed by atoms with Gasteiger partial charge in [-0.2, -0.15) is 0 Å². The van der Waals surface area contributed by atoms with Crippen LogP contribution < -0.4 is 5.32 Å². The normalized spacial score (nSPS) is 17.0. The number of nitrogens with one attached hydrogen (secondary N) is 1. The Balaban J connectivity index is 1.89. The predicted molar refractivity (Wildman–Crippen MR) is 88.7 cm³/mol. The highest BCUT2D eigenvalue weighted by Gasteiger charge is 2.26. The number of ether oxygens (including phenoxy) is 2. The van der Waals surface area contributed by atoms with E-state index in [1.165, 1.54) is 18.4 Å². The smallest absolute Gasteiger partial charge is 0.340 e. The van der Waals surface area contributed by atoms with Gasteiger partial charge >= 0.3 is 5.97 Å². The van der Waals surface area contributed by atoms with Gasteiger partial charge in [0.1, 0.15) is 11.1 Å². The molecule has 1 fully saturated rings. The summed E-state index contributed by atoms with van der Waals surface area (Å²) in [7, 11) is 1.33. The molecular formula is C17H17NO4S. The molecule has 1 unspecified atom stereocenters. The fraction of sp³-hybridized carbons (Fsp3) is 0.294. The summed E-state index contributed by atoms with van der Waals surface area (Å²) in [5, 5.41) is 3.31. The maximum absolute atomic E-state index is 12.2. The summed E-state index contributed by atoms with van der Waals surface area (Å²) in [6.07, 6.45) is 1.14. The highest BCUT2D eigenvalue weighted by molar-refractivity contribution is 7.20. The van der Waals surface area contributed by atoms with Crippen molar-refractivity contribution in [3.63, 3.8) is 0 Å². The first-order valence-corrected chi connectivity index (χ1v) is 8.20. The van der Waals surface area contributed by atoms with Crippen molar-refractivity contribution in [2.24, 2.45) is 0 Å². The van der Waals surface area contributed by atoms with Gasteiger partial charge in [-0.1, -0.05) is 30.3 Å². The van der Waals surface area contributed by atoms with E-state index in [2.05, 4.69) is 5.32 Å². The maximum Gasteiger partial charge on any atom is 0.340 e. The van der Waals surface area contributed by atoms with E-state index in [4.69, 9.17) is 9.47 Å². The highest BCUT2D eigenvalue weighted by Crippen LogP contribution is 2.36. The Morgan fingerprint density at radius 3 is 2.74 bits per heavy atom. The topological polar surface area (TPSA) is 64.6 Å². The Hall–Kier alpha value is -2.18. The molecule has 1 saturated heterocycles. The van der Waals surface area contributed by atoms with Crippen molar-refractivity contribution >= 4 is 28.2 Å². The zero-order valence-electron chi connectivity index (χ0n) is 12.7. The third kappa shape index (κ3) is 3.43. The van der Waals surface area contributed by atoms with Crippen LogP contribution in [0.3, 0.4) is 0 Å². The van der Waals surface area contributed by atoms with Gasteiger partial charge < -0.3 is 14.8 Å². The minimum Gasteiger partial charge on any atom is -0.465 e. The molecule has 0 radical (unpaired) electrons. The van der Waals surface area contributed by atoms with Gasteiger partial charge in [-0.05, 0) is 24.5 Å². The monoisotopic (exact) mass is 331 g/mol. The van der Waals surface area contributed by atoms with Gasteiger partial charge in [0.05, 0.1) is 12.7 Å². The van der Waals surface area contributed by atoms with Gasteiger partial charge in [-0.15, -0.1) is 11.3 Å². The Morgan fingerprint density at radius 1 is 1.30 bits per heavy atom. The first kappa shape index (κ1) is 15.7. The largest absolute Gasteiger partial charge is 0.465 e. The third-order valence-electron chi connectivity index (χ3n) is 3.65. The zero-order valence-corrected chi connectivity index (χ0v) is 13.5. The van der Waals surface area contributed by atoms with Crippen molar-refractivity contribution in [3.05, 3.63) is 42.0 Å². The molecule has 5 nitrogen and oxygen atoms in total. The van der Waals surface area contributed by atoms with E-state index in [9.17, 15) is 9.59 Å². The summed E-state index contributed by atoms with van der Waals surface area (Å²) in [5.74, 6) is -0.680. The lowest BCUT2D eigenvalue weighted by Gasteiger charge is -2.09. The molecule has 2 heterocycles. The summed E-state index contributed by atoms with van der Waals surface area (Å²) in [6.45, 7) is 0.599. The minimum atomic E-state index is -0.467. The predicted octanol–water partition coefficient (Wildman–Crippen LogP) is 3.32. The molecule has 1 aliphatic heterocycles. The molecular weight excluding hydrogens is 314 g/mol. The van der Waals surface area contributed by atoms with Gasteiger partial charge in [-0.3, -0.25) is 4.79 Å². The van der Waals surface area contributed by atoms with Gasteiger partial charge in [0.15, 0.2) is 0 Å². The van der Waals surface area contributed by atoms with E-state index >= 15 is 0 Å². The maximum atomic E-state index is 12.2. The lowest BCUT2D eigenvalue weighted by Crippen LogP contribution is -2.27. The van der Waals surface area contributed by atoms with Crippen molar-refractivity contribution in [2.45, 2.75) is 18.9 Å². The van der Waals surface area contributed by atoms with E-state index in [0.717, 1.165) is 16.9 Å².